The van der Waals surface area contributed by atoms with E-state index in [1.54, 1.807) is 0 Å². The highest BCUT2D eigenvalue weighted by Gasteiger charge is 2.21. The van der Waals surface area contributed by atoms with Crippen LogP contribution in [-0.4, -0.2) is 35.7 Å². The Morgan fingerprint density at radius 3 is 2.92 bits per heavy atom. The minimum absolute atomic E-state index is 0.274. The van der Waals surface area contributed by atoms with Gasteiger partial charge in [0.2, 0.25) is 0 Å². The Hall–Kier alpha value is -0.0500. The molecule has 76 valence electrons. The Morgan fingerprint density at radius 1 is 1.54 bits per heavy atom. The second-order valence-corrected chi connectivity index (χ2v) is 4.18. The van der Waals surface area contributed by atoms with Gasteiger partial charge in [-0.15, -0.1) is 0 Å². The average molecular weight is 204 g/mol. The van der Waals surface area contributed by atoms with Crippen LogP contribution in [0, 0.1) is 0 Å². The van der Waals surface area contributed by atoms with E-state index >= 15 is 0 Å². The van der Waals surface area contributed by atoms with Crippen LogP contribution < -0.4 is 0 Å². The second-order valence-electron chi connectivity index (χ2n) is 3.65. The van der Waals surface area contributed by atoms with E-state index in [-0.39, 0.29) is 6.61 Å². The van der Waals surface area contributed by atoms with E-state index in [1.807, 2.05) is 0 Å². The summed E-state index contributed by atoms with van der Waals surface area (Å²) in [5.41, 5.74) is 0. The van der Waals surface area contributed by atoms with Crippen LogP contribution in [0.5, 0.6) is 0 Å². The Kier molecular flexibility index (Phi) is 4.78. The molecule has 2 nitrogen and oxygen atoms in total. The molecule has 0 bridgehead atoms. The van der Waals surface area contributed by atoms with E-state index in [2.05, 4.69) is 11.5 Å². The maximum Gasteiger partial charge on any atom is 0.0445 e. The Bertz CT molecular complexity index is 170. The van der Waals surface area contributed by atoms with Gasteiger partial charge in [0.1, 0.15) is 0 Å². The van der Waals surface area contributed by atoms with Crippen molar-refractivity contribution in [2.24, 2.45) is 0 Å². The number of aliphatic hydroxyl groups is 1. The van der Waals surface area contributed by atoms with Gasteiger partial charge in [-0.2, -0.15) is 0 Å². The van der Waals surface area contributed by atoms with Crippen molar-refractivity contribution in [2.75, 3.05) is 19.7 Å². The predicted molar refractivity (Wildman–Crippen MR) is 55.9 cm³/mol. The molecule has 0 aromatic rings. The van der Waals surface area contributed by atoms with Crippen molar-refractivity contribution < 1.29 is 5.11 Å². The number of hydrogen-bond donors (Lipinski definition) is 1. The molecular weight excluding hydrogens is 186 g/mol. The zero-order chi connectivity index (χ0) is 9.68. The van der Waals surface area contributed by atoms with Gasteiger partial charge in [0.15, 0.2) is 0 Å². The van der Waals surface area contributed by atoms with E-state index in [0.29, 0.717) is 11.1 Å². The summed E-state index contributed by atoms with van der Waals surface area (Å²) in [6.07, 6.45) is 4.57. The topological polar surface area (TPSA) is 23.5 Å². The molecule has 1 unspecified atom stereocenters. The Balaban J connectivity index is 2.41. The summed E-state index contributed by atoms with van der Waals surface area (Å²) in [6, 6.07) is 0.509. The molecule has 13 heavy (non-hydrogen) atoms. The monoisotopic (exact) mass is 203 g/mol. The molecule has 1 atom stereocenters. The largest absolute Gasteiger partial charge is 0.396 e. The lowest BCUT2D eigenvalue weighted by molar-refractivity contribution is 0.131. The molecule has 0 aromatic carbocycles. The lowest BCUT2D eigenvalue weighted by Gasteiger charge is -2.35. The van der Waals surface area contributed by atoms with Gasteiger partial charge in [-0.25, -0.2) is 0 Å². The Morgan fingerprint density at radius 2 is 2.31 bits per heavy atom. The number of likely N-dealkylation sites (tertiary alicyclic amines) is 1. The molecule has 1 aliphatic rings. The molecule has 1 N–H and O–H groups in total. The van der Waals surface area contributed by atoms with Crippen LogP contribution in [0.3, 0.4) is 0 Å². The summed E-state index contributed by atoms with van der Waals surface area (Å²) in [6.45, 7) is 5.84. The lowest BCUT2D eigenvalue weighted by Crippen LogP contribution is -2.40. The maximum absolute atomic E-state index is 8.89. The van der Waals surface area contributed by atoms with Gasteiger partial charge in [0, 0.05) is 24.2 Å². The molecule has 0 aromatic heterocycles. The first-order valence-electron chi connectivity index (χ1n) is 4.92. The van der Waals surface area contributed by atoms with Crippen LogP contribution in [0.4, 0.5) is 0 Å². The molecule has 3 heteroatoms. The van der Waals surface area contributed by atoms with Crippen LogP contribution in [0.25, 0.3) is 0 Å². The fourth-order valence-electron chi connectivity index (χ4n) is 1.96. The summed E-state index contributed by atoms with van der Waals surface area (Å²) in [5.74, 6) is 0. The van der Waals surface area contributed by atoms with Crippen molar-refractivity contribution in [2.45, 2.75) is 31.7 Å². The van der Waals surface area contributed by atoms with Crippen LogP contribution in [0.2, 0.25) is 0 Å². The first-order chi connectivity index (χ1) is 6.24. The quantitative estimate of drug-likeness (QED) is 0.756. The van der Waals surface area contributed by atoms with Crippen LogP contribution >= 0.6 is 11.6 Å². The van der Waals surface area contributed by atoms with E-state index in [0.717, 1.165) is 19.5 Å². The number of piperidine rings is 1. The standard InChI is InChI=1S/C10H18ClNO/c1-9(11)8-12-6-3-2-4-10(12)5-7-13/h10,13H,1-8H2. The van der Waals surface area contributed by atoms with Crippen molar-refractivity contribution in [1.29, 1.82) is 0 Å². The molecule has 0 aliphatic carbocycles. The highest BCUT2D eigenvalue weighted by Crippen LogP contribution is 2.20. The summed E-state index contributed by atoms with van der Waals surface area (Å²) < 4.78 is 0. The number of halogens is 1. The van der Waals surface area contributed by atoms with Crippen molar-refractivity contribution in [1.82, 2.24) is 4.90 Å². The van der Waals surface area contributed by atoms with Crippen molar-refractivity contribution in [3.05, 3.63) is 11.6 Å². The zero-order valence-electron chi connectivity index (χ0n) is 8.01. The third-order valence-electron chi connectivity index (χ3n) is 2.59. The SMILES string of the molecule is C=C(Cl)CN1CCCCC1CCO. The van der Waals surface area contributed by atoms with E-state index in [4.69, 9.17) is 16.7 Å². The molecule has 1 rings (SSSR count). The summed E-state index contributed by atoms with van der Waals surface area (Å²) in [4.78, 5) is 2.33. The summed E-state index contributed by atoms with van der Waals surface area (Å²) in [5, 5.41) is 9.59. The van der Waals surface area contributed by atoms with Gasteiger partial charge >= 0.3 is 0 Å². The van der Waals surface area contributed by atoms with Gasteiger partial charge in [-0.3, -0.25) is 4.90 Å². The summed E-state index contributed by atoms with van der Waals surface area (Å²) >= 11 is 5.78. The highest BCUT2D eigenvalue weighted by atomic mass is 35.5. The van der Waals surface area contributed by atoms with E-state index in [1.165, 1.54) is 19.3 Å². The second kappa shape index (κ2) is 5.63. The summed E-state index contributed by atoms with van der Waals surface area (Å²) in [7, 11) is 0. The average Bonchev–Trinajstić information content (AvgIpc) is 2.08. The van der Waals surface area contributed by atoms with Crippen LogP contribution in [-0.2, 0) is 0 Å². The molecule has 1 fully saturated rings. The van der Waals surface area contributed by atoms with E-state index in [9.17, 15) is 0 Å². The molecular formula is C10H18ClNO. The zero-order valence-corrected chi connectivity index (χ0v) is 8.76. The number of nitrogens with zero attached hydrogens (tertiary/aromatic N) is 1. The number of aliphatic hydroxyl groups excluding tert-OH is 1. The molecule has 0 saturated carbocycles. The third kappa shape index (κ3) is 3.67. The first-order valence-corrected chi connectivity index (χ1v) is 5.30. The number of rotatable bonds is 4. The third-order valence-corrected chi connectivity index (χ3v) is 2.71. The molecule has 1 saturated heterocycles. The first kappa shape index (κ1) is 11.0. The van der Waals surface area contributed by atoms with Crippen molar-refractivity contribution in [3.63, 3.8) is 0 Å². The molecule has 0 spiro atoms. The van der Waals surface area contributed by atoms with Gasteiger partial charge in [0.05, 0.1) is 0 Å². The molecule has 1 aliphatic heterocycles. The smallest absolute Gasteiger partial charge is 0.0445 e. The molecule has 0 amide bonds. The lowest BCUT2D eigenvalue weighted by atomic mass is 10.00. The van der Waals surface area contributed by atoms with Gasteiger partial charge in [0.25, 0.3) is 0 Å². The van der Waals surface area contributed by atoms with Gasteiger partial charge in [-0.1, -0.05) is 24.6 Å². The maximum atomic E-state index is 8.89. The fourth-order valence-corrected chi connectivity index (χ4v) is 2.12. The normalized spacial score (nSPS) is 24.6. The van der Waals surface area contributed by atoms with Gasteiger partial charge < -0.3 is 5.11 Å². The minimum atomic E-state index is 0.274. The minimum Gasteiger partial charge on any atom is -0.396 e. The van der Waals surface area contributed by atoms with Crippen molar-refractivity contribution >= 4 is 11.6 Å². The van der Waals surface area contributed by atoms with Crippen LogP contribution in [0.15, 0.2) is 11.6 Å². The molecule has 0 radical (unpaired) electrons. The predicted octanol–water partition coefficient (Wildman–Crippen LogP) is 1.98. The van der Waals surface area contributed by atoms with Crippen LogP contribution in [0.1, 0.15) is 25.7 Å². The van der Waals surface area contributed by atoms with Gasteiger partial charge in [-0.05, 0) is 25.8 Å². The van der Waals surface area contributed by atoms with E-state index < -0.39 is 0 Å². The Labute approximate surface area is 85.2 Å². The fraction of sp³-hybridized carbons (Fsp3) is 0.800. The molecule has 1 heterocycles. The van der Waals surface area contributed by atoms with Crippen molar-refractivity contribution in [3.8, 4) is 0 Å². The highest BCUT2D eigenvalue weighted by molar-refractivity contribution is 6.29. The number of hydrogen-bond acceptors (Lipinski definition) is 2.